The molecule has 1 atom stereocenters. The minimum absolute atomic E-state index is 0.408. The number of hydrogen-bond donors (Lipinski definition) is 0. The Balaban J connectivity index is 1.83. The molecule has 86 valence electrons. The number of carbonyl (C=O) groups excluding carboxylic acids is 1. The largest absolute Gasteiger partial charge is 0.304 e. The fourth-order valence-corrected chi connectivity index (χ4v) is 2.45. The van der Waals surface area contributed by atoms with Gasteiger partial charge in [-0.2, -0.15) is 0 Å². The molecule has 0 N–H and O–H groups in total. The van der Waals surface area contributed by atoms with Crippen LogP contribution in [0.3, 0.4) is 0 Å². The van der Waals surface area contributed by atoms with Crippen molar-refractivity contribution < 1.29 is 4.79 Å². The Morgan fingerprint density at radius 2 is 2.00 bits per heavy atom. The van der Waals surface area contributed by atoms with Crippen molar-refractivity contribution in [2.24, 2.45) is 5.92 Å². The summed E-state index contributed by atoms with van der Waals surface area (Å²) in [7, 11) is 4.29. The number of rotatable bonds is 3. The molecule has 1 unspecified atom stereocenters. The van der Waals surface area contributed by atoms with Crippen molar-refractivity contribution in [3.63, 3.8) is 0 Å². The molecule has 0 aromatic heterocycles. The van der Waals surface area contributed by atoms with Gasteiger partial charge < -0.3 is 9.80 Å². The topological polar surface area (TPSA) is 23.6 Å². The smallest absolute Gasteiger partial charge is 0.137 e. The lowest BCUT2D eigenvalue weighted by Gasteiger charge is -2.38. The molecule has 3 heteroatoms. The molecule has 0 bridgehead atoms. The highest BCUT2D eigenvalue weighted by Crippen LogP contribution is 2.29. The molecule has 0 aromatic carbocycles. The summed E-state index contributed by atoms with van der Waals surface area (Å²) in [4.78, 5) is 16.6. The summed E-state index contributed by atoms with van der Waals surface area (Å²) >= 11 is 0. The molecule has 0 amide bonds. The predicted molar refractivity (Wildman–Crippen MR) is 60.9 cm³/mol. The molecular formula is C12H22N2O. The summed E-state index contributed by atoms with van der Waals surface area (Å²) in [5.74, 6) is 0.916. The van der Waals surface area contributed by atoms with Gasteiger partial charge in [-0.3, -0.25) is 4.79 Å². The van der Waals surface area contributed by atoms with E-state index in [1.165, 1.54) is 6.42 Å². The Bertz CT molecular complexity index is 238. The molecule has 1 saturated heterocycles. The molecule has 1 heterocycles. The molecular weight excluding hydrogens is 188 g/mol. The fourth-order valence-electron chi connectivity index (χ4n) is 2.45. The van der Waals surface area contributed by atoms with Crippen LogP contribution in [0.1, 0.15) is 25.7 Å². The van der Waals surface area contributed by atoms with E-state index >= 15 is 0 Å². The Morgan fingerprint density at radius 1 is 1.27 bits per heavy atom. The molecule has 3 nitrogen and oxygen atoms in total. The van der Waals surface area contributed by atoms with Crippen LogP contribution in [-0.4, -0.2) is 55.4 Å². The van der Waals surface area contributed by atoms with Gasteiger partial charge in [0.1, 0.15) is 5.78 Å². The SMILES string of the molecule is CN1CCN(C)C(CC(=O)C2CCC2)C1. The first-order chi connectivity index (χ1) is 7.16. The lowest BCUT2D eigenvalue weighted by molar-refractivity contribution is -0.126. The molecule has 2 aliphatic rings. The van der Waals surface area contributed by atoms with Gasteiger partial charge in [0.25, 0.3) is 0 Å². The van der Waals surface area contributed by atoms with Gasteiger partial charge >= 0.3 is 0 Å². The molecule has 2 rings (SSSR count). The third-order valence-electron chi connectivity index (χ3n) is 3.98. The van der Waals surface area contributed by atoms with Crippen LogP contribution in [0.4, 0.5) is 0 Å². The second-order valence-electron chi connectivity index (χ2n) is 5.19. The Morgan fingerprint density at radius 3 is 2.60 bits per heavy atom. The minimum Gasteiger partial charge on any atom is -0.304 e. The first-order valence-electron chi connectivity index (χ1n) is 6.08. The highest BCUT2D eigenvalue weighted by atomic mass is 16.1. The van der Waals surface area contributed by atoms with Gasteiger partial charge in [-0.1, -0.05) is 6.42 Å². The third kappa shape index (κ3) is 2.58. The van der Waals surface area contributed by atoms with Crippen LogP contribution in [0.5, 0.6) is 0 Å². The normalized spacial score (nSPS) is 30.1. The lowest BCUT2D eigenvalue weighted by Crippen LogP contribution is -2.51. The molecule has 1 aliphatic carbocycles. The number of hydrogen-bond acceptors (Lipinski definition) is 3. The van der Waals surface area contributed by atoms with Gasteiger partial charge in [0.05, 0.1) is 0 Å². The van der Waals surface area contributed by atoms with Crippen molar-refractivity contribution in [3.05, 3.63) is 0 Å². The molecule has 0 spiro atoms. The maximum atomic E-state index is 11.9. The number of ketones is 1. The second-order valence-corrected chi connectivity index (χ2v) is 5.19. The average Bonchev–Trinajstić information content (AvgIpc) is 2.08. The summed E-state index contributed by atoms with van der Waals surface area (Å²) in [6.07, 6.45) is 4.32. The maximum Gasteiger partial charge on any atom is 0.137 e. The number of Topliss-reactive ketones (excluding diaryl/α,β-unsaturated/α-hetero) is 1. The first kappa shape index (κ1) is 11.1. The summed E-state index contributed by atoms with van der Waals surface area (Å²) < 4.78 is 0. The Labute approximate surface area is 92.4 Å². The molecule has 1 aliphatic heterocycles. The van der Waals surface area contributed by atoms with E-state index in [9.17, 15) is 4.79 Å². The summed E-state index contributed by atoms with van der Waals surface area (Å²) in [5, 5.41) is 0. The highest BCUT2D eigenvalue weighted by molar-refractivity contribution is 5.82. The first-order valence-corrected chi connectivity index (χ1v) is 6.08. The molecule has 2 fully saturated rings. The Kier molecular flexibility index (Phi) is 3.42. The van der Waals surface area contributed by atoms with E-state index < -0.39 is 0 Å². The van der Waals surface area contributed by atoms with Gasteiger partial charge in [0, 0.05) is 38.0 Å². The predicted octanol–water partition coefficient (Wildman–Crippen LogP) is 0.991. The van der Waals surface area contributed by atoms with Crippen molar-refractivity contribution >= 4 is 5.78 Å². The number of nitrogens with zero attached hydrogens (tertiary/aromatic N) is 2. The maximum absolute atomic E-state index is 11.9. The minimum atomic E-state index is 0.408. The molecule has 0 aromatic rings. The fraction of sp³-hybridized carbons (Fsp3) is 0.917. The van der Waals surface area contributed by atoms with Crippen molar-refractivity contribution in [2.75, 3.05) is 33.7 Å². The van der Waals surface area contributed by atoms with Crippen LogP contribution in [-0.2, 0) is 4.79 Å². The third-order valence-corrected chi connectivity index (χ3v) is 3.98. The number of likely N-dealkylation sites (N-methyl/N-ethyl adjacent to an activating group) is 2. The summed E-state index contributed by atoms with van der Waals surface area (Å²) in [6, 6.07) is 0.455. The summed E-state index contributed by atoms with van der Waals surface area (Å²) in [6.45, 7) is 3.28. The zero-order valence-electron chi connectivity index (χ0n) is 9.91. The Hall–Kier alpha value is -0.410. The molecule has 1 saturated carbocycles. The average molecular weight is 210 g/mol. The van der Waals surface area contributed by atoms with E-state index in [1.807, 2.05) is 0 Å². The van der Waals surface area contributed by atoms with Gasteiger partial charge in [-0.15, -0.1) is 0 Å². The van der Waals surface area contributed by atoms with E-state index in [2.05, 4.69) is 23.9 Å². The van der Waals surface area contributed by atoms with Crippen LogP contribution < -0.4 is 0 Å². The number of carbonyl (C=O) groups is 1. The van der Waals surface area contributed by atoms with Crippen LogP contribution in [0, 0.1) is 5.92 Å². The summed E-state index contributed by atoms with van der Waals surface area (Å²) in [5.41, 5.74) is 0. The second kappa shape index (κ2) is 4.62. The van der Waals surface area contributed by atoms with Crippen LogP contribution >= 0.6 is 0 Å². The quantitative estimate of drug-likeness (QED) is 0.694. The van der Waals surface area contributed by atoms with Crippen molar-refractivity contribution in [2.45, 2.75) is 31.7 Å². The van der Waals surface area contributed by atoms with Gasteiger partial charge in [0.15, 0.2) is 0 Å². The van der Waals surface area contributed by atoms with Crippen LogP contribution in [0.15, 0.2) is 0 Å². The lowest BCUT2D eigenvalue weighted by atomic mass is 9.80. The van der Waals surface area contributed by atoms with E-state index in [-0.39, 0.29) is 0 Å². The van der Waals surface area contributed by atoms with E-state index in [0.717, 1.165) is 38.9 Å². The molecule has 15 heavy (non-hydrogen) atoms. The van der Waals surface area contributed by atoms with Crippen LogP contribution in [0.2, 0.25) is 0 Å². The van der Waals surface area contributed by atoms with E-state index in [1.54, 1.807) is 0 Å². The van der Waals surface area contributed by atoms with E-state index in [4.69, 9.17) is 0 Å². The van der Waals surface area contributed by atoms with Gasteiger partial charge in [-0.25, -0.2) is 0 Å². The van der Waals surface area contributed by atoms with Crippen molar-refractivity contribution in [1.29, 1.82) is 0 Å². The monoisotopic (exact) mass is 210 g/mol. The van der Waals surface area contributed by atoms with Gasteiger partial charge in [-0.05, 0) is 26.9 Å². The zero-order valence-corrected chi connectivity index (χ0v) is 9.91. The van der Waals surface area contributed by atoms with E-state index in [0.29, 0.717) is 17.7 Å². The van der Waals surface area contributed by atoms with Gasteiger partial charge in [0.2, 0.25) is 0 Å². The highest BCUT2D eigenvalue weighted by Gasteiger charge is 2.30. The van der Waals surface area contributed by atoms with Crippen LogP contribution in [0.25, 0.3) is 0 Å². The van der Waals surface area contributed by atoms with Crippen molar-refractivity contribution in [1.82, 2.24) is 9.80 Å². The standard InChI is InChI=1S/C12H22N2O/c1-13-6-7-14(2)11(9-13)8-12(15)10-4-3-5-10/h10-11H,3-9H2,1-2H3. The number of piperazine rings is 1. The molecule has 0 radical (unpaired) electrons. The zero-order chi connectivity index (χ0) is 10.8. The van der Waals surface area contributed by atoms with Crippen molar-refractivity contribution in [3.8, 4) is 0 Å².